The number of hydrogen-bond donors (Lipinski definition) is 1. The summed E-state index contributed by atoms with van der Waals surface area (Å²) in [4.78, 5) is 32.0. The van der Waals surface area contributed by atoms with Gasteiger partial charge < -0.3 is 5.73 Å². The highest BCUT2D eigenvalue weighted by Gasteiger charge is 2.38. The monoisotopic (exact) mass is 419 g/mol. The zero-order valence-electron chi connectivity index (χ0n) is 19.2. The highest BCUT2D eigenvalue weighted by atomic mass is 16.2. The third-order valence-electron chi connectivity index (χ3n) is 6.36. The van der Waals surface area contributed by atoms with Crippen molar-refractivity contribution in [3.63, 3.8) is 0 Å². The SMILES string of the molecule is Cc1cc(CN2C(=O)C[C@@](C)(C(C)C)N=C2N)cc(C(=O)C[C@H](C)c2ccccc2)c1. The van der Waals surface area contributed by atoms with Crippen LogP contribution in [-0.4, -0.2) is 28.1 Å². The van der Waals surface area contributed by atoms with Crippen molar-refractivity contribution in [2.24, 2.45) is 16.6 Å². The minimum Gasteiger partial charge on any atom is -0.369 e. The molecule has 1 heterocycles. The molecule has 2 atom stereocenters. The van der Waals surface area contributed by atoms with Crippen LogP contribution in [-0.2, 0) is 11.3 Å². The van der Waals surface area contributed by atoms with E-state index in [9.17, 15) is 9.59 Å². The predicted octanol–water partition coefficient (Wildman–Crippen LogP) is 4.83. The van der Waals surface area contributed by atoms with Crippen molar-refractivity contribution in [1.29, 1.82) is 0 Å². The molecule has 3 rings (SSSR count). The Bertz CT molecular complexity index is 997. The molecular weight excluding hydrogens is 386 g/mol. The Balaban J connectivity index is 1.78. The average molecular weight is 420 g/mol. The Morgan fingerprint density at radius 3 is 2.45 bits per heavy atom. The molecule has 0 saturated carbocycles. The zero-order chi connectivity index (χ0) is 22.8. The van der Waals surface area contributed by atoms with Gasteiger partial charge in [0.15, 0.2) is 11.7 Å². The number of ketones is 1. The van der Waals surface area contributed by atoms with E-state index in [0.29, 0.717) is 24.9 Å². The summed E-state index contributed by atoms with van der Waals surface area (Å²) in [6, 6.07) is 15.8. The van der Waals surface area contributed by atoms with Crippen LogP contribution >= 0.6 is 0 Å². The van der Waals surface area contributed by atoms with Gasteiger partial charge in [-0.25, -0.2) is 4.99 Å². The predicted molar refractivity (Wildman–Crippen MR) is 125 cm³/mol. The minimum atomic E-state index is -0.473. The second-order valence-electron chi connectivity index (χ2n) is 9.28. The van der Waals surface area contributed by atoms with E-state index in [0.717, 1.165) is 16.7 Å². The molecule has 31 heavy (non-hydrogen) atoms. The Morgan fingerprint density at radius 2 is 1.84 bits per heavy atom. The Labute approximate surface area is 185 Å². The first kappa shape index (κ1) is 22.7. The Morgan fingerprint density at radius 1 is 1.16 bits per heavy atom. The van der Waals surface area contributed by atoms with Crippen molar-refractivity contribution in [2.45, 2.75) is 65.5 Å². The molecule has 2 N–H and O–H groups in total. The summed E-state index contributed by atoms with van der Waals surface area (Å²) < 4.78 is 0. The van der Waals surface area contributed by atoms with Crippen LogP contribution in [0.15, 0.2) is 53.5 Å². The standard InChI is InChI=1S/C26H33N3O2/c1-17(2)26(5)15-24(31)29(25(27)28-26)16-20-11-18(3)12-22(14-20)23(30)13-19(4)21-9-7-6-8-10-21/h6-12,14,17,19H,13,15-16H2,1-5H3,(H2,27,28)/t19-,26-/m0/s1. The first-order valence-electron chi connectivity index (χ1n) is 10.9. The van der Waals surface area contributed by atoms with Crippen molar-refractivity contribution >= 4 is 17.6 Å². The van der Waals surface area contributed by atoms with Crippen molar-refractivity contribution < 1.29 is 9.59 Å². The summed E-state index contributed by atoms with van der Waals surface area (Å²) in [6.45, 7) is 10.4. The second-order valence-corrected chi connectivity index (χ2v) is 9.28. The van der Waals surface area contributed by atoms with Gasteiger partial charge in [0, 0.05) is 12.0 Å². The van der Waals surface area contributed by atoms with E-state index in [1.54, 1.807) is 0 Å². The normalized spacial score (nSPS) is 20.0. The van der Waals surface area contributed by atoms with Crippen molar-refractivity contribution in [3.8, 4) is 0 Å². The van der Waals surface area contributed by atoms with Crippen LogP contribution in [0.4, 0.5) is 0 Å². The van der Waals surface area contributed by atoms with Gasteiger partial charge in [-0.3, -0.25) is 14.5 Å². The molecule has 0 fully saturated rings. The maximum absolute atomic E-state index is 13.0. The molecule has 0 unspecified atom stereocenters. The van der Waals surface area contributed by atoms with E-state index in [2.05, 4.69) is 37.9 Å². The fourth-order valence-electron chi connectivity index (χ4n) is 3.99. The maximum Gasteiger partial charge on any atom is 0.232 e. The maximum atomic E-state index is 13.0. The summed E-state index contributed by atoms with van der Waals surface area (Å²) in [5.41, 5.74) is 9.41. The average Bonchev–Trinajstić information content (AvgIpc) is 2.71. The number of benzene rings is 2. The number of carbonyl (C=O) groups excluding carboxylic acids is 2. The van der Waals surface area contributed by atoms with Crippen LogP contribution in [0.1, 0.15) is 73.5 Å². The lowest BCUT2D eigenvalue weighted by Gasteiger charge is -2.37. The topological polar surface area (TPSA) is 75.8 Å². The highest BCUT2D eigenvalue weighted by Crippen LogP contribution is 2.30. The quantitative estimate of drug-likeness (QED) is 0.653. The summed E-state index contributed by atoms with van der Waals surface area (Å²) >= 11 is 0. The van der Waals surface area contributed by atoms with E-state index < -0.39 is 5.54 Å². The van der Waals surface area contributed by atoms with Gasteiger partial charge >= 0.3 is 0 Å². The fraction of sp³-hybridized carbons (Fsp3) is 0.423. The van der Waals surface area contributed by atoms with E-state index in [-0.39, 0.29) is 29.5 Å². The van der Waals surface area contributed by atoms with Crippen LogP contribution in [0.2, 0.25) is 0 Å². The molecule has 1 amide bonds. The summed E-state index contributed by atoms with van der Waals surface area (Å²) in [5, 5.41) is 0. The van der Waals surface area contributed by atoms with Gasteiger partial charge in [-0.05, 0) is 48.9 Å². The summed E-state index contributed by atoms with van der Waals surface area (Å²) in [5.74, 6) is 0.667. The second kappa shape index (κ2) is 9.04. The molecule has 5 nitrogen and oxygen atoms in total. The van der Waals surface area contributed by atoms with Crippen LogP contribution in [0, 0.1) is 12.8 Å². The lowest BCUT2D eigenvalue weighted by Crippen LogP contribution is -2.51. The summed E-state index contributed by atoms with van der Waals surface area (Å²) in [7, 11) is 0. The molecule has 0 bridgehead atoms. The van der Waals surface area contributed by atoms with Crippen LogP contribution in [0.3, 0.4) is 0 Å². The molecular formula is C26H33N3O2. The molecule has 164 valence electrons. The molecule has 2 aromatic carbocycles. The number of aliphatic imine (C=N–C) groups is 1. The number of carbonyl (C=O) groups is 2. The van der Waals surface area contributed by atoms with Gasteiger partial charge in [-0.2, -0.15) is 0 Å². The smallest absolute Gasteiger partial charge is 0.232 e. The lowest BCUT2D eigenvalue weighted by molar-refractivity contribution is -0.130. The van der Waals surface area contributed by atoms with E-state index >= 15 is 0 Å². The zero-order valence-corrected chi connectivity index (χ0v) is 19.2. The Hall–Kier alpha value is -2.95. The Kier molecular flexibility index (Phi) is 6.63. The number of rotatable bonds is 7. The van der Waals surface area contributed by atoms with Crippen molar-refractivity contribution in [1.82, 2.24) is 4.90 Å². The van der Waals surface area contributed by atoms with Crippen LogP contribution < -0.4 is 5.73 Å². The van der Waals surface area contributed by atoms with Gasteiger partial charge in [0.1, 0.15) is 0 Å². The molecule has 0 spiro atoms. The molecule has 2 aromatic rings. The first-order chi connectivity index (χ1) is 14.6. The molecule has 5 heteroatoms. The van der Waals surface area contributed by atoms with Crippen molar-refractivity contribution in [2.75, 3.05) is 0 Å². The number of aryl methyl sites for hydroxylation is 1. The van der Waals surface area contributed by atoms with E-state index in [1.807, 2.05) is 50.2 Å². The van der Waals surface area contributed by atoms with Crippen LogP contribution in [0.25, 0.3) is 0 Å². The molecule has 0 aliphatic carbocycles. The first-order valence-corrected chi connectivity index (χ1v) is 10.9. The largest absolute Gasteiger partial charge is 0.369 e. The highest BCUT2D eigenvalue weighted by molar-refractivity contribution is 5.99. The number of amides is 1. The van der Waals surface area contributed by atoms with Gasteiger partial charge in [-0.15, -0.1) is 0 Å². The van der Waals surface area contributed by atoms with Crippen molar-refractivity contribution in [3.05, 3.63) is 70.8 Å². The number of nitrogens with zero attached hydrogens (tertiary/aromatic N) is 2. The third-order valence-corrected chi connectivity index (χ3v) is 6.36. The third kappa shape index (κ3) is 5.22. The minimum absolute atomic E-state index is 0.0317. The molecule has 0 radical (unpaired) electrons. The molecule has 0 saturated heterocycles. The van der Waals surface area contributed by atoms with Gasteiger partial charge in [0.05, 0.1) is 18.5 Å². The van der Waals surface area contributed by atoms with E-state index in [4.69, 9.17) is 5.73 Å². The van der Waals surface area contributed by atoms with Gasteiger partial charge in [-0.1, -0.05) is 62.7 Å². The van der Waals surface area contributed by atoms with E-state index in [1.165, 1.54) is 4.90 Å². The van der Waals surface area contributed by atoms with Gasteiger partial charge in [0.25, 0.3) is 0 Å². The number of nitrogens with two attached hydrogens (primary N) is 1. The molecule has 0 aromatic heterocycles. The number of hydrogen-bond acceptors (Lipinski definition) is 4. The number of guanidine groups is 1. The fourth-order valence-corrected chi connectivity index (χ4v) is 3.99. The lowest BCUT2D eigenvalue weighted by atomic mass is 9.84. The molecule has 1 aliphatic heterocycles. The summed E-state index contributed by atoms with van der Waals surface area (Å²) in [6.07, 6.45) is 0.767. The molecule has 1 aliphatic rings. The number of Topliss-reactive ketones (excluding diaryl/α,β-unsaturated/α-hetero) is 1. The van der Waals surface area contributed by atoms with Gasteiger partial charge in [0.2, 0.25) is 5.91 Å². The van der Waals surface area contributed by atoms with Crippen LogP contribution in [0.5, 0.6) is 0 Å².